The zero-order chi connectivity index (χ0) is 16.2. The summed E-state index contributed by atoms with van der Waals surface area (Å²) in [7, 11) is 1.66. The van der Waals surface area contributed by atoms with Gasteiger partial charge in [-0.25, -0.2) is 4.79 Å². The lowest BCUT2D eigenvalue weighted by atomic mass is 10.1. The molecule has 1 N–H and O–H groups in total. The van der Waals surface area contributed by atoms with Crippen molar-refractivity contribution in [3.8, 4) is 5.75 Å². The minimum absolute atomic E-state index is 0.0215. The molecule has 22 heavy (non-hydrogen) atoms. The first-order chi connectivity index (χ1) is 10.4. The maximum atomic E-state index is 12.3. The fraction of sp³-hybridized carbons (Fsp3) is 0.588. The number of urea groups is 1. The lowest BCUT2D eigenvalue weighted by molar-refractivity contribution is -0.0735. The number of carbonyl (C=O) groups excluding carboxylic acids is 1. The number of nitrogens with zero attached hydrogens (tertiary/aromatic N) is 1. The summed E-state index contributed by atoms with van der Waals surface area (Å²) in [6.45, 7) is 7.87. The number of hydrogen-bond donors (Lipinski definition) is 1. The van der Waals surface area contributed by atoms with Crippen molar-refractivity contribution in [1.29, 1.82) is 0 Å². The zero-order valence-electron chi connectivity index (χ0n) is 13.9. The average Bonchev–Trinajstić information content (AvgIpc) is 2.46. The molecule has 1 fully saturated rings. The first-order valence-corrected chi connectivity index (χ1v) is 7.72. The topological polar surface area (TPSA) is 50.8 Å². The number of amides is 2. The average molecular weight is 306 g/mol. The van der Waals surface area contributed by atoms with Crippen LogP contribution in [0.3, 0.4) is 0 Å². The van der Waals surface area contributed by atoms with Gasteiger partial charge in [-0.05, 0) is 44.9 Å². The van der Waals surface area contributed by atoms with Gasteiger partial charge in [-0.1, -0.05) is 12.1 Å². The van der Waals surface area contributed by atoms with Gasteiger partial charge in [0.15, 0.2) is 0 Å². The van der Waals surface area contributed by atoms with Crippen LogP contribution >= 0.6 is 0 Å². The molecular weight excluding hydrogens is 280 g/mol. The second-order valence-corrected chi connectivity index (χ2v) is 6.44. The van der Waals surface area contributed by atoms with Gasteiger partial charge in [0.2, 0.25) is 0 Å². The molecule has 1 heterocycles. The fourth-order valence-corrected chi connectivity index (χ4v) is 2.70. The SMILES string of the molecule is COc1cccc(C[C@@H](C)NC(=O)N2CCOC(C)(C)C2)c1. The van der Waals surface area contributed by atoms with Crippen LogP contribution in [0.1, 0.15) is 26.3 Å². The van der Waals surface area contributed by atoms with E-state index in [9.17, 15) is 4.79 Å². The zero-order valence-corrected chi connectivity index (χ0v) is 13.9. The highest BCUT2D eigenvalue weighted by Gasteiger charge is 2.30. The van der Waals surface area contributed by atoms with E-state index >= 15 is 0 Å². The van der Waals surface area contributed by atoms with Crippen LogP contribution < -0.4 is 10.1 Å². The predicted octanol–water partition coefficient (Wildman–Crippen LogP) is 2.45. The third-order valence-electron chi connectivity index (χ3n) is 3.76. The van der Waals surface area contributed by atoms with Gasteiger partial charge in [0.05, 0.1) is 25.9 Å². The maximum absolute atomic E-state index is 12.3. The van der Waals surface area contributed by atoms with Crippen molar-refractivity contribution in [2.24, 2.45) is 0 Å². The Morgan fingerprint density at radius 3 is 2.95 bits per heavy atom. The van der Waals surface area contributed by atoms with E-state index in [0.29, 0.717) is 19.7 Å². The molecule has 1 aliphatic rings. The minimum atomic E-state index is -0.272. The molecule has 0 radical (unpaired) electrons. The summed E-state index contributed by atoms with van der Waals surface area (Å²) in [5.41, 5.74) is 0.875. The molecule has 0 bridgehead atoms. The number of ether oxygens (including phenoxy) is 2. The predicted molar refractivity (Wildman–Crippen MR) is 86.3 cm³/mol. The number of methoxy groups -OCH3 is 1. The fourth-order valence-electron chi connectivity index (χ4n) is 2.70. The van der Waals surface area contributed by atoms with Gasteiger partial charge in [-0.2, -0.15) is 0 Å². The first kappa shape index (κ1) is 16.6. The van der Waals surface area contributed by atoms with Crippen molar-refractivity contribution in [2.75, 3.05) is 26.8 Å². The van der Waals surface area contributed by atoms with Crippen LogP contribution in [0.2, 0.25) is 0 Å². The molecule has 1 atom stereocenters. The van der Waals surface area contributed by atoms with Gasteiger partial charge in [0, 0.05) is 12.6 Å². The van der Waals surface area contributed by atoms with Crippen LogP contribution in [0.25, 0.3) is 0 Å². The van der Waals surface area contributed by atoms with E-state index in [-0.39, 0.29) is 17.7 Å². The van der Waals surface area contributed by atoms with Crippen molar-refractivity contribution in [2.45, 2.75) is 38.8 Å². The van der Waals surface area contributed by atoms with Crippen LogP contribution in [-0.2, 0) is 11.2 Å². The number of rotatable bonds is 4. The van der Waals surface area contributed by atoms with Gasteiger partial charge in [-0.15, -0.1) is 0 Å². The quantitative estimate of drug-likeness (QED) is 0.929. The molecule has 5 heteroatoms. The monoisotopic (exact) mass is 306 g/mol. The standard InChI is InChI=1S/C17H26N2O3/c1-13(10-14-6-5-7-15(11-14)21-4)18-16(20)19-8-9-22-17(2,3)12-19/h5-7,11,13H,8-10,12H2,1-4H3,(H,18,20)/t13-/m1/s1. The van der Waals surface area contributed by atoms with Crippen LogP contribution in [-0.4, -0.2) is 49.4 Å². The smallest absolute Gasteiger partial charge is 0.317 e. The molecule has 0 spiro atoms. The first-order valence-electron chi connectivity index (χ1n) is 7.72. The van der Waals surface area contributed by atoms with E-state index in [4.69, 9.17) is 9.47 Å². The minimum Gasteiger partial charge on any atom is -0.497 e. The van der Waals surface area contributed by atoms with E-state index < -0.39 is 0 Å². The lowest BCUT2D eigenvalue weighted by Gasteiger charge is -2.38. The van der Waals surface area contributed by atoms with E-state index in [1.807, 2.05) is 49.9 Å². The molecule has 2 rings (SSSR count). The summed E-state index contributed by atoms with van der Waals surface area (Å²) in [6, 6.07) is 7.97. The molecule has 2 amide bonds. The number of morpholine rings is 1. The molecule has 1 aliphatic heterocycles. The Labute approximate surface area is 132 Å². The van der Waals surface area contributed by atoms with Crippen molar-refractivity contribution in [3.63, 3.8) is 0 Å². The highest BCUT2D eigenvalue weighted by atomic mass is 16.5. The summed E-state index contributed by atoms with van der Waals surface area (Å²) in [4.78, 5) is 14.2. The molecule has 122 valence electrons. The Balaban J connectivity index is 1.88. The molecule has 1 aromatic carbocycles. The molecule has 1 aromatic rings. The summed E-state index contributed by atoms with van der Waals surface area (Å²) < 4.78 is 10.9. The van der Waals surface area contributed by atoms with E-state index in [0.717, 1.165) is 17.7 Å². The maximum Gasteiger partial charge on any atom is 0.317 e. The third-order valence-corrected chi connectivity index (χ3v) is 3.76. The second kappa shape index (κ2) is 7.01. The van der Waals surface area contributed by atoms with Gasteiger partial charge in [0.25, 0.3) is 0 Å². The molecular formula is C17H26N2O3. The summed E-state index contributed by atoms with van der Waals surface area (Å²) in [5, 5.41) is 3.06. The second-order valence-electron chi connectivity index (χ2n) is 6.44. The highest BCUT2D eigenvalue weighted by Crippen LogP contribution is 2.17. The number of benzene rings is 1. The third kappa shape index (κ3) is 4.63. The molecule has 5 nitrogen and oxygen atoms in total. The van der Waals surface area contributed by atoms with Crippen LogP contribution in [0.5, 0.6) is 5.75 Å². The van der Waals surface area contributed by atoms with Gasteiger partial charge >= 0.3 is 6.03 Å². The van der Waals surface area contributed by atoms with Gasteiger partial charge in [0.1, 0.15) is 5.75 Å². The molecule has 0 saturated carbocycles. The van der Waals surface area contributed by atoms with E-state index in [1.54, 1.807) is 7.11 Å². The van der Waals surface area contributed by atoms with Crippen LogP contribution in [0.4, 0.5) is 4.79 Å². The number of carbonyl (C=O) groups is 1. The van der Waals surface area contributed by atoms with Crippen LogP contribution in [0, 0.1) is 0 Å². The Kier molecular flexibility index (Phi) is 5.29. The van der Waals surface area contributed by atoms with Crippen molar-refractivity contribution in [3.05, 3.63) is 29.8 Å². The largest absolute Gasteiger partial charge is 0.497 e. The normalized spacial score (nSPS) is 18.6. The van der Waals surface area contributed by atoms with Gasteiger partial charge in [-0.3, -0.25) is 0 Å². The summed E-state index contributed by atoms with van der Waals surface area (Å²) in [6.07, 6.45) is 0.774. The molecule has 0 aromatic heterocycles. The molecule has 0 aliphatic carbocycles. The summed E-state index contributed by atoms with van der Waals surface area (Å²) in [5.74, 6) is 0.839. The van der Waals surface area contributed by atoms with E-state index in [2.05, 4.69) is 5.32 Å². The Morgan fingerprint density at radius 2 is 2.27 bits per heavy atom. The van der Waals surface area contributed by atoms with Gasteiger partial charge < -0.3 is 19.7 Å². The van der Waals surface area contributed by atoms with Crippen molar-refractivity contribution < 1.29 is 14.3 Å². The lowest BCUT2D eigenvalue weighted by Crippen LogP contribution is -2.54. The Hall–Kier alpha value is -1.75. The number of nitrogens with one attached hydrogen (secondary N) is 1. The Morgan fingerprint density at radius 1 is 1.50 bits per heavy atom. The molecule has 0 unspecified atom stereocenters. The summed E-state index contributed by atoms with van der Waals surface area (Å²) >= 11 is 0. The van der Waals surface area contributed by atoms with Crippen molar-refractivity contribution >= 4 is 6.03 Å². The highest BCUT2D eigenvalue weighted by molar-refractivity contribution is 5.74. The van der Waals surface area contributed by atoms with Crippen molar-refractivity contribution in [1.82, 2.24) is 10.2 Å². The Bertz CT molecular complexity index is 516. The molecule has 1 saturated heterocycles. The number of hydrogen-bond acceptors (Lipinski definition) is 3. The van der Waals surface area contributed by atoms with Crippen LogP contribution in [0.15, 0.2) is 24.3 Å². The van der Waals surface area contributed by atoms with E-state index in [1.165, 1.54) is 0 Å².